The number of halogens is 2. The molecule has 0 rings (SSSR count). The standard InChI is InChI=1S/C3H4Br2O3/c4-1-7-3(6)8-2-5/h1-2H2. The maximum absolute atomic E-state index is 10.1. The van der Waals surface area contributed by atoms with Gasteiger partial charge in [-0.25, -0.2) is 4.79 Å². The van der Waals surface area contributed by atoms with E-state index in [1.807, 2.05) is 0 Å². The van der Waals surface area contributed by atoms with Gasteiger partial charge in [-0.2, -0.15) is 0 Å². The number of alkyl halides is 2. The highest BCUT2D eigenvalue weighted by molar-refractivity contribution is 9.09. The van der Waals surface area contributed by atoms with E-state index >= 15 is 0 Å². The van der Waals surface area contributed by atoms with E-state index in [2.05, 4.69) is 41.3 Å². The van der Waals surface area contributed by atoms with Crippen LogP contribution in [0, 0.1) is 0 Å². The third-order valence-corrected chi connectivity index (χ3v) is 0.803. The normalized spacial score (nSPS) is 8.25. The average molecular weight is 248 g/mol. The molecule has 48 valence electrons. The second-order valence-electron chi connectivity index (χ2n) is 0.757. The molecule has 0 N–H and O–H groups in total. The van der Waals surface area contributed by atoms with Crippen LogP contribution >= 0.6 is 31.9 Å². The quantitative estimate of drug-likeness (QED) is 0.552. The molecule has 0 unspecified atom stereocenters. The molecule has 0 aliphatic rings. The van der Waals surface area contributed by atoms with Crippen LogP contribution in [0.3, 0.4) is 0 Å². The van der Waals surface area contributed by atoms with Gasteiger partial charge >= 0.3 is 6.16 Å². The SMILES string of the molecule is O=C(OCBr)OCBr. The zero-order chi connectivity index (χ0) is 6.41. The minimum Gasteiger partial charge on any atom is -0.423 e. The van der Waals surface area contributed by atoms with Crippen molar-refractivity contribution >= 4 is 38.0 Å². The van der Waals surface area contributed by atoms with E-state index in [9.17, 15) is 4.79 Å². The van der Waals surface area contributed by atoms with E-state index in [0.717, 1.165) is 0 Å². The van der Waals surface area contributed by atoms with E-state index < -0.39 is 6.16 Å². The summed E-state index contributed by atoms with van der Waals surface area (Å²) < 4.78 is 8.62. The van der Waals surface area contributed by atoms with E-state index in [0.29, 0.717) is 0 Å². The number of ether oxygens (including phenoxy) is 2. The second-order valence-corrected chi connectivity index (χ2v) is 1.67. The molecule has 8 heavy (non-hydrogen) atoms. The van der Waals surface area contributed by atoms with Gasteiger partial charge < -0.3 is 9.47 Å². The number of carbonyl (C=O) groups is 1. The summed E-state index contributed by atoms with van der Waals surface area (Å²) >= 11 is 5.76. The largest absolute Gasteiger partial charge is 0.509 e. The van der Waals surface area contributed by atoms with Crippen LogP contribution in [-0.4, -0.2) is 17.2 Å². The topological polar surface area (TPSA) is 35.5 Å². The van der Waals surface area contributed by atoms with Crippen molar-refractivity contribution in [3.05, 3.63) is 0 Å². The molecule has 0 aromatic rings. The summed E-state index contributed by atoms with van der Waals surface area (Å²) in [5.74, 6) is 0. The summed E-state index contributed by atoms with van der Waals surface area (Å²) in [7, 11) is 0. The average Bonchev–Trinajstić information content (AvgIpc) is 1.68. The second kappa shape index (κ2) is 5.37. The summed E-state index contributed by atoms with van der Waals surface area (Å²) in [6.07, 6.45) is -0.682. The first-order valence-corrected chi connectivity index (χ1v) is 3.97. The zero-order valence-electron chi connectivity index (χ0n) is 3.89. The molecule has 0 spiro atoms. The molecular weight excluding hydrogens is 244 g/mol. The van der Waals surface area contributed by atoms with Gasteiger partial charge in [0.15, 0.2) is 0 Å². The van der Waals surface area contributed by atoms with Crippen molar-refractivity contribution in [3.8, 4) is 0 Å². The summed E-state index contributed by atoms with van der Waals surface area (Å²) in [6, 6.07) is 0. The Morgan fingerprint density at radius 3 is 1.88 bits per heavy atom. The van der Waals surface area contributed by atoms with Crippen LogP contribution in [0.2, 0.25) is 0 Å². The Balaban J connectivity index is 3.06. The van der Waals surface area contributed by atoms with Crippen molar-refractivity contribution in [3.63, 3.8) is 0 Å². The van der Waals surface area contributed by atoms with Gasteiger partial charge in [-0.15, -0.1) is 0 Å². The molecule has 0 radical (unpaired) electrons. The molecule has 0 aromatic heterocycles. The fourth-order valence-corrected chi connectivity index (χ4v) is 0.505. The first-order valence-electron chi connectivity index (χ1n) is 1.72. The van der Waals surface area contributed by atoms with Crippen molar-refractivity contribution in [1.82, 2.24) is 0 Å². The molecule has 0 heterocycles. The molecule has 0 saturated carbocycles. The summed E-state index contributed by atoms with van der Waals surface area (Å²) in [5.41, 5.74) is 0.331. The highest BCUT2D eigenvalue weighted by atomic mass is 79.9. The van der Waals surface area contributed by atoms with Crippen LogP contribution in [0.4, 0.5) is 4.79 Å². The first kappa shape index (κ1) is 8.23. The van der Waals surface area contributed by atoms with Gasteiger partial charge in [-0.05, 0) is 31.9 Å². The van der Waals surface area contributed by atoms with Gasteiger partial charge in [-0.3, -0.25) is 0 Å². The molecule has 0 amide bonds. The van der Waals surface area contributed by atoms with Crippen LogP contribution < -0.4 is 0 Å². The van der Waals surface area contributed by atoms with Crippen LogP contribution in [-0.2, 0) is 9.47 Å². The van der Waals surface area contributed by atoms with Gasteiger partial charge in [0, 0.05) is 0 Å². The number of hydrogen-bond acceptors (Lipinski definition) is 3. The summed E-state index contributed by atoms with van der Waals surface area (Å²) in [6.45, 7) is 0. The maximum Gasteiger partial charge on any atom is 0.509 e. The lowest BCUT2D eigenvalue weighted by Gasteiger charge is -1.96. The Bertz CT molecular complexity index is 66.9. The van der Waals surface area contributed by atoms with E-state index in [-0.39, 0.29) is 11.0 Å². The van der Waals surface area contributed by atoms with Gasteiger partial charge in [-0.1, -0.05) is 0 Å². The maximum atomic E-state index is 10.1. The Morgan fingerprint density at radius 2 is 1.62 bits per heavy atom. The van der Waals surface area contributed by atoms with Crippen molar-refractivity contribution in [1.29, 1.82) is 0 Å². The molecule has 0 aliphatic carbocycles. The predicted molar refractivity (Wildman–Crippen MR) is 35.2 cm³/mol. The van der Waals surface area contributed by atoms with Crippen LogP contribution in [0.5, 0.6) is 0 Å². The van der Waals surface area contributed by atoms with E-state index in [1.54, 1.807) is 0 Å². The predicted octanol–water partition coefficient (Wildman–Crippen LogP) is 1.84. The molecule has 0 atom stereocenters. The molecule has 0 aromatic carbocycles. The Morgan fingerprint density at radius 1 is 1.25 bits per heavy atom. The lowest BCUT2D eigenvalue weighted by molar-refractivity contribution is 0.0855. The number of rotatable bonds is 2. The Kier molecular flexibility index (Phi) is 5.52. The van der Waals surface area contributed by atoms with Gasteiger partial charge in [0.1, 0.15) is 11.0 Å². The third kappa shape index (κ3) is 4.39. The lowest BCUT2D eigenvalue weighted by atomic mass is 11.3. The summed E-state index contributed by atoms with van der Waals surface area (Å²) in [5, 5.41) is 0. The minimum absolute atomic E-state index is 0.166. The van der Waals surface area contributed by atoms with Crippen molar-refractivity contribution in [2.75, 3.05) is 11.0 Å². The molecule has 5 heteroatoms. The fraction of sp³-hybridized carbons (Fsp3) is 0.667. The molecule has 0 fully saturated rings. The van der Waals surface area contributed by atoms with Crippen LogP contribution in [0.25, 0.3) is 0 Å². The lowest BCUT2D eigenvalue weighted by Crippen LogP contribution is -2.03. The number of hydrogen-bond donors (Lipinski definition) is 0. The van der Waals surface area contributed by atoms with Crippen molar-refractivity contribution in [2.24, 2.45) is 0 Å². The van der Waals surface area contributed by atoms with Crippen LogP contribution in [0.15, 0.2) is 0 Å². The van der Waals surface area contributed by atoms with Crippen LogP contribution in [0.1, 0.15) is 0 Å². The van der Waals surface area contributed by atoms with E-state index in [4.69, 9.17) is 0 Å². The highest BCUT2D eigenvalue weighted by Gasteiger charge is 1.97. The highest BCUT2D eigenvalue weighted by Crippen LogP contribution is 1.90. The van der Waals surface area contributed by atoms with Crippen molar-refractivity contribution < 1.29 is 14.3 Å². The Hall–Kier alpha value is 0.230. The molecule has 3 nitrogen and oxygen atoms in total. The minimum atomic E-state index is -0.682. The fourth-order valence-electron chi connectivity index (χ4n) is 0.131. The van der Waals surface area contributed by atoms with Crippen molar-refractivity contribution in [2.45, 2.75) is 0 Å². The van der Waals surface area contributed by atoms with Gasteiger partial charge in [0.2, 0.25) is 0 Å². The molecule has 0 bridgehead atoms. The molecular formula is C3H4Br2O3. The monoisotopic (exact) mass is 246 g/mol. The first-order chi connectivity index (χ1) is 3.81. The third-order valence-electron chi connectivity index (χ3n) is 0.345. The van der Waals surface area contributed by atoms with Gasteiger partial charge in [0.25, 0.3) is 0 Å². The van der Waals surface area contributed by atoms with Gasteiger partial charge in [0.05, 0.1) is 0 Å². The smallest absolute Gasteiger partial charge is 0.423 e. The summed E-state index contributed by atoms with van der Waals surface area (Å²) in [4.78, 5) is 10.1. The molecule has 0 aliphatic heterocycles. The molecule has 0 saturated heterocycles. The Labute approximate surface area is 63.6 Å². The van der Waals surface area contributed by atoms with E-state index in [1.165, 1.54) is 0 Å². The number of carbonyl (C=O) groups excluding carboxylic acids is 1. The zero-order valence-corrected chi connectivity index (χ0v) is 7.07.